The van der Waals surface area contributed by atoms with Gasteiger partial charge in [-0.25, -0.2) is 0 Å². The lowest BCUT2D eigenvalue weighted by atomic mass is 10.1. The van der Waals surface area contributed by atoms with E-state index in [9.17, 15) is 0 Å². The lowest BCUT2D eigenvalue weighted by Crippen LogP contribution is -2.07. The number of rotatable bonds is 4. The summed E-state index contributed by atoms with van der Waals surface area (Å²) in [6.07, 6.45) is 1.80. The van der Waals surface area contributed by atoms with Crippen LogP contribution in [0.3, 0.4) is 0 Å². The van der Waals surface area contributed by atoms with Crippen molar-refractivity contribution >= 4 is 23.8 Å². The van der Waals surface area contributed by atoms with E-state index in [0.717, 1.165) is 12.3 Å². The van der Waals surface area contributed by atoms with Gasteiger partial charge >= 0.3 is 0 Å². The van der Waals surface area contributed by atoms with Gasteiger partial charge in [-0.05, 0) is 34.4 Å². The van der Waals surface area contributed by atoms with Crippen molar-refractivity contribution in [1.82, 2.24) is 0 Å². The van der Waals surface area contributed by atoms with Crippen molar-refractivity contribution in [2.24, 2.45) is 4.99 Å². The second-order valence-electron chi connectivity index (χ2n) is 5.74. The fourth-order valence-electron chi connectivity index (χ4n) is 2.88. The van der Waals surface area contributed by atoms with E-state index in [1.165, 1.54) is 32.8 Å². The third kappa shape index (κ3) is 3.22. The molecule has 0 bridgehead atoms. The summed E-state index contributed by atoms with van der Waals surface area (Å²) in [5, 5.41) is 3.29. The van der Waals surface area contributed by atoms with E-state index in [-0.39, 0.29) is 0 Å². The van der Waals surface area contributed by atoms with Crippen LogP contribution in [0.1, 0.15) is 11.1 Å². The van der Waals surface area contributed by atoms with E-state index >= 15 is 0 Å². The molecule has 3 aromatic carbocycles. The van der Waals surface area contributed by atoms with E-state index in [1.54, 1.807) is 6.34 Å². The van der Waals surface area contributed by atoms with Gasteiger partial charge in [0.25, 0.3) is 0 Å². The first kappa shape index (κ1) is 15.0. The first-order valence-electron chi connectivity index (χ1n) is 8.04. The molecule has 2 nitrogen and oxygen atoms in total. The Morgan fingerprint density at radius 2 is 1.62 bits per heavy atom. The molecular formula is C21H18N2S. The number of para-hydroxylation sites is 1. The van der Waals surface area contributed by atoms with Gasteiger partial charge in [-0.15, -0.1) is 11.8 Å². The Bertz CT molecular complexity index is 855. The molecule has 0 radical (unpaired) electrons. The maximum atomic E-state index is 4.27. The Labute approximate surface area is 146 Å². The molecule has 1 N–H and O–H groups in total. The number of benzene rings is 3. The number of nitrogens with zero attached hydrogens (tertiary/aromatic N) is 1. The number of anilines is 1. The molecule has 0 aromatic heterocycles. The van der Waals surface area contributed by atoms with E-state index < -0.39 is 0 Å². The van der Waals surface area contributed by atoms with Crippen LogP contribution in [0.4, 0.5) is 5.69 Å². The standard InChI is InChI=1S/C21H18N2S/c1-2-5-16(6-3-1)17-9-11-20(12-10-17)24-14-19-8-4-7-18-13-22-15-23-21(18)19/h1-12,15H,13-14H2,(H,22,23). The summed E-state index contributed by atoms with van der Waals surface area (Å²) in [6.45, 7) is 0.770. The third-order valence-corrected chi connectivity index (χ3v) is 5.22. The van der Waals surface area contributed by atoms with Crippen molar-refractivity contribution < 1.29 is 0 Å². The Morgan fingerprint density at radius 3 is 2.46 bits per heavy atom. The lowest BCUT2D eigenvalue weighted by molar-refractivity contribution is 1.05. The van der Waals surface area contributed by atoms with Crippen molar-refractivity contribution in [3.63, 3.8) is 0 Å². The van der Waals surface area contributed by atoms with Gasteiger partial charge in [-0.1, -0.05) is 60.7 Å². The van der Waals surface area contributed by atoms with Gasteiger partial charge in [-0.3, -0.25) is 4.99 Å². The normalized spacial score (nSPS) is 12.5. The minimum Gasteiger partial charge on any atom is -0.346 e. The number of hydrogen-bond donors (Lipinski definition) is 1. The lowest BCUT2D eigenvalue weighted by Gasteiger charge is -2.16. The van der Waals surface area contributed by atoms with Gasteiger partial charge in [0.15, 0.2) is 0 Å². The average molecular weight is 330 g/mol. The molecule has 0 atom stereocenters. The molecule has 4 rings (SSSR count). The van der Waals surface area contributed by atoms with Crippen LogP contribution in [0.5, 0.6) is 0 Å². The van der Waals surface area contributed by atoms with Crippen molar-refractivity contribution in [2.75, 3.05) is 5.32 Å². The average Bonchev–Trinajstić information content (AvgIpc) is 2.67. The van der Waals surface area contributed by atoms with Crippen molar-refractivity contribution in [1.29, 1.82) is 0 Å². The summed E-state index contributed by atoms with van der Waals surface area (Å²) in [5.74, 6) is 0.953. The van der Waals surface area contributed by atoms with E-state index in [0.29, 0.717) is 0 Å². The SMILES string of the molecule is C1=NCc2cccc(CSc3ccc(-c4ccccc4)cc3)c2N1. The van der Waals surface area contributed by atoms with Crippen molar-refractivity contribution in [2.45, 2.75) is 17.2 Å². The third-order valence-electron chi connectivity index (χ3n) is 4.15. The molecular weight excluding hydrogens is 312 g/mol. The predicted octanol–water partition coefficient (Wildman–Crippen LogP) is 5.60. The Balaban J connectivity index is 1.47. The number of hydrogen-bond acceptors (Lipinski definition) is 3. The van der Waals surface area contributed by atoms with Gasteiger partial charge in [0.1, 0.15) is 0 Å². The van der Waals surface area contributed by atoms with E-state index in [1.807, 2.05) is 17.8 Å². The van der Waals surface area contributed by atoms with E-state index in [2.05, 4.69) is 77.0 Å². The van der Waals surface area contributed by atoms with Crippen LogP contribution in [0, 0.1) is 0 Å². The molecule has 0 saturated carbocycles. The minimum absolute atomic E-state index is 0.770. The van der Waals surface area contributed by atoms with Crippen LogP contribution < -0.4 is 5.32 Å². The molecule has 1 aliphatic rings. The maximum absolute atomic E-state index is 4.27. The first-order chi connectivity index (χ1) is 11.9. The molecule has 0 amide bonds. The minimum atomic E-state index is 0.770. The van der Waals surface area contributed by atoms with Gasteiger partial charge in [0.05, 0.1) is 12.9 Å². The smallest absolute Gasteiger partial charge is 0.0872 e. The van der Waals surface area contributed by atoms with E-state index in [4.69, 9.17) is 0 Å². The second-order valence-corrected chi connectivity index (χ2v) is 6.79. The summed E-state index contributed by atoms with van der Waals surface area (Å²) >= 11 is 1.87. The summed E-state index contributed by atoms with van der Waals surface area (Å²) < 4.78 is 0. The molecule has 118 valence electrons. The molecule has 1 heterocycles. The molecule has 0 fully saturated rings. The first-order valence-corrected chi connectivity index (χ1v) is 9.02. The molecule has 0 saturated heterocycles. The predicted molar refractivity (Wildman–Crippen MR) is 104 cm³/mol. The molecule has 24 heavy (non-hydrogen) atoms. The highest BCUT2D eigenvalue weighted by atomic mass is 32.2. The van der Waals surface area contributed by atoms with Gasteiger partial charge in [0, 0.05) is 16.3 Å². The van der Waals surface area contributed by atoms with Crippen LogP contribution >= 0.6 is 11.8 Å². The Hall–Kier alpha value is -2.52. The van der Waals surface area contributed by atoms with Crippen LogP contribution in [-0.2, 0) is 12.3 Å². The van der Waals surface area contributed by atoms with Crippen LogP contribution in [0.25, 0.3) is 11.1 Å². The molecule has 0 spiro atoms. The molecule has 3 aromatic rings. The number of fused-ring (bicyclic) bond motifs is 1. The maximum Gasteiger partial charge on any atom is 0.0872 e. The monoisotopic (exact) mass is 330 g/mol. The largest absolute Gasteiger partial charge is 0.346 e. The van der Waals surface area contributed by atoms with Crippen molar-refractivity contribution in [3.05, 3.63) is 83.9 Å². The number of thioether (sulfide) groups is 1. The highest BCUT2D eigenvalue weighted by Gasteiger charge is 2.10. The van der Waals surface area contributed by atoms with Gasteiger partial charge in [-0.2, -0.15) is 0 Å². The highest BCUT2D eigenvalue weighted by Crippen LogP contribution is 2.31. The fourth-order valence-corrected chi connectivity index (χ4v) is 3.77. The van der Waals surface area contributed by atoms with Crippen LogP contribution in [-0.4, -0.2) is 6.34 Å². The fraction of sp³-hybridized carbons (Fsp3) is 0.0952. The molecule has 1 aliphatic heterocycles. The summed E-state index contributed by atoms with van der Waals surface area (Å²) in [5.41, 5.74) is 6.34. The number of nitrogens with one attached hydrogen (secondary N) is 1. The second kappa shape index (κ2) is 6.93. The zero-order valence-electron chi connectivity index (χ0n) is 13.3. The summed E-state index contributed by atoms with van der Waals surface area (Å²) in [4.78, 5) is 5.56. The quantitative estimate of drug-likeness (QED) is 0.630. The Morgan fingerprint density at radius 1 is 0.833 bits per heavy atom. The van der Waals surface area contributed by atoms with Crippen molar-refractivity contribution in [3.8, 4) is 11.1 Å². The Kier molecular flexibility index (Phi) is 4.34. The zero-order valence-corrected chi connectivity index (χ0v) is 14.1. The zero-order chi connectivity index (χ0) is 16.2. The molecule has 0 aliphatic carbocycles. The topological polar surface area (TPSA) is 24.4 Å². The summed E-state index contributed by atoms with van der Waals surface area (Å²) in [6, 6.07) is 25.7. The molecule has 3 heteroatoms. The van der Waals surface area contributed by atoms with Gasteiger partial charge < -0.3 is 5.32 Å². The van der Waals surface area contributed by atoms with Gasteiger partial charge in [0.2, 0.25) is 0 Å². The highest BCUT2D eigenvalue weighted by molar-refractivity contribution is 7.98. The summed E-state index contributed by atoms with van der Waals surface area (Å²) in [7, 11) is 0. The molecule has 0 unspecified atom stereocenters. The number of aliphatic imine (C=N–C) groups is 1. The van der Waals surface area contributed by atoms with Crippen LogP contribution in [0.15, 0.2) is 82.7 Å². The van der Waals surface area contributed by atoms with Crippen LogP contribution in [0.2, 0.25) is 0 Å².